The van der Waals surface area contributed by atoms with Crippen molar-refractivity contribution < 1.29 is 0 Å². The lowest BCUT2D eigenvalue weighted by Crippen LogP contribution is -2.51. The quantitative estimate of drug-likeness (QED) is 0.843. The van der Waals surface area contributed by atoms with Crippen molar-refractivity contribution in [3.05, 3.63) is 33.8 Å². The van der Waals surface area contributed by atoms with Crippen LogP contribution in [0, 0.1) is 6.92 Å². The number of aryl methyl sites for hydroxylation is 1. The van der Waals surface area contributed by atoms with Gasteiger partial charge in [0.15, 0.2) is 0 Å². The summed E-state index contributed by atoms with van der Waals surface area (Å²) in [6.45, 7) is 12.1. The highest BCUT2D eigenvalue weighted by Crippen LogP contribution is 2.42. The van der Waals surface area contributed by atoms with Crippen LogP contribution in [0.1, 0.15) is 55.0 Å². The summed E-state index contributed by atoms with van der Waals surface area (Å²) in [5.74, 6) is 1.18. The third kappa shape index (κ3) is 3.04. The number of fused-ring (bicyclic) bond motifs is 2. The number of aromatic nitrogens is 3. The Morgan fingerprint density at radius 1 is 1.28 bits per heavy atom. The summed E-state index contributed by atoms with van der Waals surface area (Å²) in [6.07, 6.45) is 4.34. The van der Waals surface area contributed by atoms with E-state index in [1.807, 2.05) is 6.20 Å². The number of hydrogen-bond donors (Lipinski definition) is 0. The van der Waals surface area contributed by atoms with Crippen LogP contribution in [0.5, 0.6) is 0 Å². The number of likely N-dealkylation sites (tertiary alicyclic amines) is 1. The van der Waals surface area contributed by atoms with Crippen molar-refractivity contribution in [1.29, 1.82) is 0 Å². The first kappa shape index (κ1) is 17.2. The number of imidazole rings is 1. The van der Waals surface area contributed by atoms with Crippen LogP contribution in [0.4, 0.5) is 0 Å². The average molecular weight is 360 g/mol. The molecular weight excluding hydrogens is 330 g/mol. The highest BCUT2D eigenvalue weighted by Gasteiger charge is 2.45. The first-order valence-electron chi connectivity index (χ1n) is 9.36. The maximum absolute atomic E-state index is 5.11. The van der Waals surface area contributed by atoms with Crippen LogP contribution in [0.25, 0.3) is 0 Å². The van der Waals surface area contributed by atoms with E-state index in [4.69, 9.17) is 4.98 Å². The number of nitrogens with zero attached hydrogens (tertiary/aromatic N) is 5. The summed E-state index contributed by atoms with van der Waals surface area (Å²) >= 11 is 1.77. The van der Waals surface area contributed by atoms with Gasteiger partial charge in [-0.3, -0.25) is 4.90 Å². The molecule has 0 aliphatic carbocycles. The molecular formula is C19H29N5S. The van der Waals surface area contributed by atoms with Crippen molar-refractivity contribution in [2.75, 3.05) is 26.7 Å². The van der Waals surface area contributed by atoms with Crippen LogP contribution in [0.2, 0.25) is 0 Å². The Balaban J connectivity index is 1.73. The van der Waals surface area contributed by atoms with Gasteiger partial charge in [0, 0.05) is 36.1 Å². The molecule has 0 saturated carbocycles. The maximum Gasteiger partial charge on any atom is 0.107 e. The van der Waals surface area contributed by atoms with Crippen molar-refractivity contribution in [2.45, 2.75) is 58.2 Å². The molecule has 0 radical (unpaired) electrons. The molecule has 2 aromatic heterocycles. The second-order valence-corrected chi connectivity index (χ2v) is 9.05. The smallest absolute Gasteiger partial charge is 0.107 e. The van der Waals surface area contributed by atoms with E-state index in [0.717, 1.165) is 32.7 Å². The van der Waals surface area contributed by atoms with Gasteiger partial charge in [0.05, 0.1) is 17.9 Å². The van der Waals surface area contributed by atoms with Crippen LogP contribution in [-0.2, 0) is 18.5 Å². The van der Waals surface area contributed by atoms with Crippen molar-refractivity contribution in [3.63, 3.8) is 0 Å². The Morgan fingerprint density at radius 2 is 2.04 bits per heavy atom. The van der Waals surface area contributed by atoms with Gasteiger partial charge >= 0.3 is 0 Å². The van der Waals surface area contributed by atoms with E-state index >= 15 is 0 Å². The van der Waals surface area contributed by atoms with Gasteiger partial charge in [-0.1, -0.05) is 0 Å². The van der Waals surface area contributed by atoms with Gasteiger partial charge in [0.25, 0.3) is 0 Å². The Labute approximate surface area is 154 Å². The van der Waals surface area contributed by atoms with Crippen molar-refractivity contribution in [2.24, 2.45) is 0 Å². The van der Waals surface area contributed by atoms with Gasteiger partial charge in [0.1, 0.15) is 10.8 Å². The van der Waals surface area contributed by atoms with Gasteiger partial charge in [0.2, 0.25) is 0 Å². The zero-order valence-electron chi connectivity index (χ0n) is 15.8. The molecule has 2 aromatic rings. The predicted octanol–water partition coefficient (Wildman–Crippen LogP) is 3.21. The third-order valence-electron chi connectivity index (χ3n) is 5.89. The first-order chi connectivity index (χ1) is 12.0. The van der Waals surface area contributed by atoms with E-state index in [1.54, 1.807) is 11.3 Å². The number of piperidine rings is 1. The molecule has 0 bridgehead atoms. The zero-order chi connectivity index (χ0) is 17.6. The predicted molar refractivity (Wildman–Crippen MR) is 102 cm³/mol. The van der Waals surface area contributed by atoms with Crippen LogP contribution in [0.3, 0.4) is 0 Å². The van der Waals surface area contributed by atoms with Gasteiger partial charge in [-0.25, -0.2) is 9.97 Å². The molecule has 0 atom stereocenters. The fraction of sp³-hybridized carbons (Fsp3) is 0.684. The number of rotatable bonds is 3. The molecule has 1 saturated heterocycles. The minimum atomic E-state index is 0.211. The zero-order valence-corrected chi connectivity index (χ0v) is 16.6. The highest BCUT2D eigenvalue weighted by molar-refractivity contribution is 7.09. The van der Waals surface area contributed by atoms with Crippen molar-refractivity contribution >= 4 is 11.3 Å². The lowest BCUT2D eigenvalue weighted by atomic mass is 9.72. The molecule has 2 aliphatic heterocycles. The molecule has 0 N–H and O–H groups in total. The molecule has 1 spiro atoms. The maximum atomic E-state index is 5.11. The summed E-state index contributed by atoms with van der Waals surface area (Å²) in [5.41, 5.74) is 3.05. The summed E-state index contributed by atoms with van der Waals surface area (Å²) in [6, 6.07) is 0.458. The van der Waals surface area contributed by atoms with Crippen LogP contribution in [-0.4, -0.2) is 51.0 Å². The Morgan fingerprint density at radius 3 is 2.68 bits per heavy atom. The van der Waals surface area contributed by atoms with Gasteiger partial charge in [-0.15, -0.1) is 11.3 Å². The molecule has 5 nitrogen and oxygen atoms in total. The van der Waals surface area contributed by atoms with Crippen LogP contribution in [0.15, 0.2) is 11.6 Å². The van der Waals surface area contributed by atoms with Gasteiger partial charge in [-0.2, -0.15) is 0 Å². The third-order valence-corrected chi connectivity index (χ3v) is 6.66. The largest absolute Gasteiger partial charge is 0.328 e. The Bertz CT molecular complexity index is 725. The lowest BCUT2D eigenvalue weighted by Gasteiger charge is -2.46. The SMILES string of the molecule is Cc1nc2c(n1C(C)C)CN(Cc1nccs1)CC21CCN(C)CC1. The first-order valence-corrected chi connectivity index (χ1v) is 10.2. The lowest BCUT2D eigenvalue weighted by molar-refractivity contribution is 0.0995. The number of hydrogen-bond acceptors (Lipinski definition) is 5. The molecule has 6 heteroatoms. The molecule has 0 unspecified atom stereocenters. The van der Waals surface area contributed by atoms with Crippen LogP contribution >= 0.6 is 11.3 Å². The summed E-state index contributed by atoms with van der Waals surface area (Å²) in [7, 11) is 2.24. The van der Waals surface area contributed by atoms with E-state index in [1.165, 1.54) is 35.1 Å². The van der Waals surface area contributed by atoms with E-state index in [9.17, 15) is 0 Å². The molecule has 0 aromatic carbocycles. The molecule has 2 aliphatic rings. The van der Waals surface area contributed by atoms with E-state index < -0.39 is 0 Å². The molecule has 136 valence electrons. The fourth-order valence-electron chi connectivity index (χ4n) is 4.70. The van der Waals surface area contributed by atoms with Crippen molar-refractivity contribution in [1.82, 2.24) is 24.3 Å². The van der Waals surface area contributed by atoms with Crippen LogP contribution < -0.4 is 0 Å². The standard InChI is InChI=1S/C19H29N5S/c1-14(2)24-15(3)21-18-16(24)11-23(12-17-20-7-10-25-17)13-19(18)5-8-22(4)9-6-19/h7,10,14H,5-6,8-9,11-13H2,1-4H3. The summed E-state index contributed by atoms with van der Waals surface area (Å²) in [5, 5.41) is 3.30. The minimum absolute atomic E-state index is 0.211. The fourth-order valence-corrected chi connectivity index (χ4v) is 5.35. The van der Waals surface area contributed by atoms with Gasteiger partial charge < -0.3 is 9.47 Å². The minimum Gasteiger partial charge on any atom is -0.328 e. The monoisotopic (exact) mass is 359 g/mol. The second-order valence-electron chi connectivity index (χ2n) is 8.07. The Hall–Kier alpha value is -1.24. The topological polar surface area (TPSA) is 37.2 Å². The van der Waals surface area contributed by atoms with E-state index in [2.05, 4.69) is 52.5 Å². The highest BCUT2D eigenvalue weighted by atomic mass is 32.1. The normalized spacial score (nSPS) is 21.2. The molecule has 1 fully saturated rings. The Kier molecular flexibility index (Phi) is 4.46. The molecule has 4 heterocycles. The summed E-state index contributed by atoms with van der Waals surface area (Å²) < 4.78 is 2.46. The van der Waals surface area contributed by atoms with Crippen molar-refractivity contribution in [3.8, 4) is 0 Å². The van der Waals surface area contributed by atoms with E-state index in [0.29, 0.717) is 6.04 Å². The average Bonchev–Trinajstić information content (AvgIpc) is 3.18. The number of thiazole rings is 1. The van der Waals surface area contributed by atoms with E-state index in [-0.39, 0.29) is 5.41 Å². The summed E-state index contributed by atoms with van der Waals surface area (Å²) in [4.78, 5) is 14.7. The molecule has 4 rings (SSSR count). The second kappa shape index (κ2) is 6.49. The molecule has 25 heavy (non-hydrogen) atoms. The van der Waals surface area contributed by atoms with Gasteiger partial charge in [-0.05, 0) is 53.8 Å². The molecule has 0 amide bonds.